The topological polar surface area (TPSA) is 102 Å². The molecule has 0 bridgehead atoms. The minimum atomic E-state index is -0.821. The van der Waals surface area contributed by atoms with Crippen molar-refractivity contribution < 1.29 is 14.7 Å². The summed E-state index contributed by atoms with van der Waals surface area (Å²) < 4.78 is 3.69. The maximum Gasteiger partial charge on any atom is 0.303 e. The minimum absolute atomic E-state index is 0.0163. The number of amides is 1. The minimum Gasteiger partial charge on any atom is -0.481 e. The monoisotopic (exact) mass is 421 g/mol. The number of hydrogen-bond acceptors (Lipinski definition) is 4. The second-order valence-corrected chi connectivity index (χ2v) is 8.09. The number of nitrogens with zero attached hydrogens (tertiary/aromatic N) is 4. The van der Waals surface area contributed by atoms with Crippen molar-refractivity contribution in [3.8, 4) is 5.69 Å². The summed E-state index contributed by atoms with van der Waals surface area (Å²) >= 11 is 0. The molecule has 2 N–H and O–H groups in total. The summed E-state index contributed by atoms with van der Waals surface area (Å²) in [4.78, 5) is 23.8. The Morgan fingerprint density at radius 2 is 1.97 bits per heavy atom. The van der Waals surface area contributed by atoms with Gasteiger partial charge in [0.25, 0.3) is 5.91 Å². The summed E-state index contributed by atoms with van der Waals surface area (Å²) in [5.74, 6) is -0.929. The number of hydrogen-bond donors (Lipinski definition) is 2. The van der Waals surface area contributed by atoms with Crippen molar-refractivity contribution in [2.75, 3.05) is 0 Å². The standard InChI is InChI=1S/C23H27N5O3/c1-14-18(11-12-22(29)30)15(2)28(26-14)17-9-7-16(8-10-17)23(31)25-20-5-4-6-21-19(20)13-24-27(21)3/h7-10,13,20H,4-6,11-12H2,1-3H3,(H,25,31)(H,29,30)/t20-/m0/s1. The van der Waals surface area contributed by atoms with Crippen LogP contribution >= 0.6 is 0 Å². The van der Waals surface area contributed by atoms with Crippen LogP contribution in [0, 0.1) is 13.8 Å². The first-order valence-electron chi connectivity index (χ1n) is 10.5. The van der Waals surface area contributed by atoms with Gasteiger partial charge < -0.3 is 10.4 Å². The number of carboxylic acid groups (broad SMARTS) is 1. The third-order valence-corrected chi connectivity index (χ3v) is 6.09. The van der Waals surface area contributed by atoms with E-state index in [2.05, 4.69) is 15.5 Å². The fourth-order valence-corrected chi connectivity index (χ4v) is 4.37. The summed E-state index contributed by atoms with van der Waals surface area (Å²) in [6.07, 6.45) is 5.31. The molecular formula is C23H27N5O3. The summed E-state index contributed by atoms with van der Waals surface area (Å²) in [6.45, 7) is 3.83. The average molecular weight is 422 g/mol. The highest BCUT2D eigenvalue weighted by Gasteiger charge is 2.25. The number of carbonyl (C=O) groups excluding carboxylic acids is 1. The van der Waals surface area contributed by atoms with Gasteiger partial charge in [0.05, 0.1) is 23.6 Å². The zero-order valence-electron chi connectivity index (χ0n) is 18.1. The molecule has 1 atom stereocenters. The Morgan fingerprint density at radius 1 is 1.23 bits per heavy atom. The number of fused-ring (bicyclic) bond motifs is 1. The molecule has 0 unspecified atom stereocenters. The van der Waals surface area contributed by atoms with Crippen molar-refractivity contribution in [2.45, 2.75) is 52.0 Å². The van der Waals surface area contributed by atoms with E-state index in [1.54, 1.807) is 16.8 Å². The van der Waals surface area contributed by atoms with Crippen LogP contribution in [0.3, 0.4) is 0 Å². The Labute approximate surface area is 180 Å². The van der Waals surface area contributed by atoms with Crippen LogP contribution in [-0.4, -0.2) is 36.5 Å². The molecule has 2 heterocycles. The van der Waals surface area contributed by atoms with Crippen molar-refractivity contribution >= 4 is 11.9 Å². The smallest absolute Gasteiger partial charge is 0.303 e. The van der Waals surface area contributed by atoms with E-state index >= 15 is 0 Å². The van der Waals surface area contributed by atoms with Gasteiger partial charge in [-0.05, 0) is 69.4 Å². The van der Waals surface area contributed by atoms with E-state index in [9.17, 15) is 9.59 Å². The van der Waals surface area contributed by atoms with Crippen LogP contribution in [-0.2, 0) is 24.7 Å². The number of carboxylic acids is 1. The molecule has 0 saturated carbocycles. The van der Waals surface area contributed by atoms with Gasteiger partial charge in [-0.15, -0.1) is 0 Å². The predicted molar refractivity (Wildman–Crippen MR) is 115 cm³/mol. The third-order valence-electron chi connectivity index (χ3n) is 6.09. The van der Waals surface area contributed by atoms with E-state index < -0.39 is 5.97 Å². The highest BCUT2D eigenvalue weighted by atomic mass is 16.4. The van der Waals surface area contributed by atoms with E-state index in [0.717, 1.165) is 47.5 Å². The van der Waals surface area contributed by atoms with Crippen molar-refractivity contribution in [3.05, 3.63) is 64.2 Å². The highest BCUT2D eigenvalue weighted by Crippen LogP contribution is 2.29. The van der Waals surface area contributed by atoms with Crippen LogP contribution in [0.25, 0.3) is 5.69 Å². The lowest BCUT2D eigenvalue weighted by atomic mass is 9.93. The molecule has 1 amide bonds. The number of nitrogens with one attached hydrogen (secondary N) is 1. The summed E-state index contributed by atoms with van der Waals surface area (Å²) in [5, 5.41) is 21.0. The van der Waals surface area contributed by atoms with Gasteiger partial charge in [-0.3, -0.25) is 14.3 Å². The molecule has 0 radical (unpaired) electrons. The largest absolute Gasteiger partial charge is 0.481 e. The zero-order valence-corrected chi connectivity index (χ0v) is 18.1. The molecule has 162 valence electrons. The van der Waals surface area contributed by atoms with Crippen LogP contribution < -0.4 is 5.32 Å². The van der Waals surface area contributed by atoms with E-state index in [1.807, 2.05) is 43.9 Å². The molecule has 8 heteroatoms. The number of aliphatic carboxylic acids is 1. The number of rotatable bonds is 6. The Balaban J connectivity index is 1.49. The fraction of sp³-hybridized carbons (Fsp3) is 0.391. The number of aromatic nitrogens is 4. The van der Waals surface area contributed by atoms with E-state index in [1.165, 1.54) is 5.69 Å². The molecule has 1 aromatic carbocycles. The number of benzene rings is 1. The van der Waals surface area contributed by atoms with E-state index in [0.29, 0.717) is 12.0 Å². The lowest BCUT2D eigenvalue weighted by molar-refractivity contribution is -0.136. The molecule has 0 spiro atoms. The van der Waals surface area contributed by atoms with Crippen molar-refractivity contribution in [3.63, 3.8) is 0 Å². The van der Waals surface area contributed by atoms with Crippen LogP contribution in [0.5, 0.6) is 0 Å². The summed E-state index contributed by atoms with van der Waals surface area (Å²) in [5.41, 5.74) is 6.42. The molecule has 3 aromatic rings. The van der Waals surface area contributed by atoms with Gasteiger partial charge in [-0.1, -0.05) is 0 Å². The van der Waals surface area contributed by atoms with Gasteiger partial charge in [-0.2, -0.15) is 10.2 Å². The maximum atomic E-state index is 12.8. The molecular weight excluding hydrogens is 394 g/mol. The summed E-state index contributed by atoms with van der Waals surface area (Å²) in [7, 11) is 1.94. The molecule has 2 aromatic heterocycles. The average Bonchev–Trinajstić information content (AvgIpc) is 3.26. The van der Waals surface area contributed by atoms with Crippen LogP contribution in [0.2, 0.25) is 0 Å². The molecule has 1 aliphatic rings. The predicted octanol–water partition coefficient (Wildman–Crippen LogP) is 3.05. The van der Waals surface area contributed by atoms with Crippen LogP contribution in [0.1, 0.15) is 63.9 Å². The number of carbonyl (C=O) groups is 2. The maximum absolute atomic E-state index is 12.8. The quantitative estimate of drug-likeness (QED) is 0.637. The Morgan fingerprint density at radius 3 is 2.68 bits per heavy atom. The second-order valence-electron chi connectivity index (χ2n) is 8.09. The third kappa shape index (κ3) is 4.10. The molecule has 0 saturated heterocycles. The van der Waals surface area contributed by atoms with E-state index in [-0.39, 0.29) is 18.4 Å². The molecule has 0 aliphatic heterocycles. The van der Waals surface area contributed by atoms with Crippen LogP contribution in [0.15, 0.2) is 30.5 Å². The Bertz CT molecular complexity index is 1130. The second kappa shape index (κ2) is 8.37. The van der Waals surface area contributed by atoms with Crippen molar-refractivity contribution in [2.24, 2.45) is 7.05 Å². The normalized spacial score (nSPS) is 15.5. The lowest BCUT2D eigenvalue weighted by Crippen LogP contribution is -2.30. The highest BCUT2D eigenvalue weighted by molar-refractivity contribution is 5.94. The first-order chi connectivity index (χ1) is 14.8. The van der Waals surface area contributed by atoms with Crippen LogP contribution in [0.4, 0.5) is 0 Å². The first kappa shape index (κ1) is 20.8. The van der Waals surface area contributed by atoms with Gasteiger partial charge >= 0.3 is 5.97 Å². The molecule has 8 nitrogen and oxygen atoms in total. The van der Waals surface area contributed by atoms with Crippen molar-refractivity contribution in [1.82, 2.24) is 24.9 Å². The van der Waals surface area contributed by atoms with Gasteiger partial charge in [-0.25, -0.2) is 4.68 Å². The first-order valence-corrected chi connectivity index (χ1v) is 10.5. The zero-order chi connectivity index (χ0) is 22.1. The van der Waals surface area contributed by atoms with Gasteiger partial charge in [0.1, 0.15) is 0 Å². The fourth-order valence-electron chi connectivity index (χ4n) is 4.37. The molecule has 0 fully saturated rings. The molecule has 1 aliphatic carbocycles. The Kier molecular flexibility index (Phi) is 5.63. The summed E-state index contributed by atoms with van der Waals surface area (Å²) in [6, 6.07) is 7.31. The van der Waals surface area contributed by atoms with Gasteiger partial charge in [0, 0.05) is 36.0 Å². The van der Waals surface area contributed by atoms with Gasteiger partial charge in [0.2, 0.25) is 0 Å². The molecule has 4 rings (SSSR count). The SMILES string of the molecule is Cc1nn(-c2ccc(C(=O)N[C@H]3CCCc4c3cnn4C)cc2)c(C)c1CCC(=O)O. The van der Waals surface area contributed by atoms with E-state index in [4.69, 9.17) is 5.11 Å². The number of aryl methyl sites for hydroxylation is 2. The lowest BCUT2D eigenvalue weighted by Gasteiger charge is -2.23. The Hall–Kier alpha value is -3.42. The van der Waals surface area contributed by atoms with Crippen molar-refractivity contribution in [1.29, 1.82) is 0 Å². The van der Waals surface area contributed by atoms with Gasteiger partial charge in [0.15, 0.2) is 0 Å². The molecule has 31 heavy (non-hydrogen) atoms.